The summed E-state index contributed by atoms with van der Waals surface area (Å²) in [4.78, 5) is 0. The lowest BCUT2D eigenvalue weighted by Crippen LogP contribution is -2.52. The Kier molecular flexibility index (Phi) is 3.65. The number of fused-ring (bicyclic) bond motifs is 3. The molecule has 3 aromatic rings. The molecule has 4 rings (SSSR count). The van der Waals surface area contributed by atoms with Crippen molar-refractivity contribution in [1.29, 1.82) is 0 Å². The van der Waals surface area contributed by atoms with Gasteiger partial charge in [0.15, 0.2) is 0 Å². The molecule has 1 unspecified atom stereocenters. The predicted molar refractivity (Wildman–Crippen MR) is 98.7 cm³/mol. The fraction of sp³-hybridized carbons (Fsp3) is 0.429. The van der Waals surface area contributed by atoms with Crippen LogP contribution in [0.25, 0.3) is 21.8 Å². The summed E-state index contributed by atoms with van der Waals surface area (Å²) >= 11 is 0. The van der Waals surface area contributed by atoms with E-state index >= 15 is 0 Å². The first-order valence-corrected chi connectivity index (χ1v) is 8.95. The van der Waals surface area contributed by atoms with Crippen molar-refractivity contribution < 1.29 is 4.48 Å². The van der Waals surface area contributed by atoms with E-state index in [2.05, 4.69) is 67.2 Å². The van der Waals surface area contributed by atoms with Crippen LogP contribution in [0.5, 0.6) is 0 Å². The molecule has 0 saturated carbocycles. The summed E-state index contributed by atoms with van der Waals surface area (Å²) in [5.74, 6) is 0. The first-order chi connectivity index (χ1) is 11.2. The van der Waals surface area contributed by atoms with Crippen molar-refractivity contribution in [3.63, 3.8) is 0 Å². The standard InChI is InChI=1S/C21H27N2/c1-23(2)16-8-7-9-17(23)14-15-22-20-12-5-3-10-18(20)19-11-4-6-13-21(19)22/h3-6,10-13,17H,7-9,14-16H2,1-2H3/q+1. The van der Waals surface area contributed by atoms with E-state index in [4.69, 9.17) is 0 Å². The Morgan fingerprint density at radius 1 is 0.913 bits per heavy atom. The average molecular weight is 307 g/mol. The van der Waals surface area contributed by atoms with Crippen molar-refractivity contribution >= 4 is 21.8 Å². The van der Waals surface area contributed by atoms with E-state index in [1.165, 1.54) is 58.5 Å². The number of rotatable bonds is 3. The van der Waals surface area contributed by atoms with E-state index in [-0.39, 0.29) is 0 Å². The highest BCUT2D eigenvalue weighted by Crippen LogP contribution is 2.30. The lowest BCUT2D eigenvalue weighted by Gasteiger charge is -2.41. The number of aromatic nitrogens is 1. The van der Waals surface area contributed by atoms with Crippen LogP contribution >= 0.6 is 0 Å². The van der Waals surface area contributed by atoms with E-state index in [0.29, 0.717) is 0 Å². The Hall–Kier alpha value is -1.80. The van der Waals surface area contributed by atoms with Crippen molar-refractivity contribution in [3.8, 4) is 0 Å². The minimum absolute atomic E-state index is 0.795. The van der Waals surface area contributed by atoms with E-state index in [9.17, 15) is 0 Å². The van der Waals surface area contributed by atoms with Crippen LogP contribution < -0.4 is 0 Å². The van der Waals surface area contributed by atoms with Gasteiger partial charge in [0.05, 0.1) is 26.7 Å². The van der Waals surface area contributed by atoms with Crippen molar-refractivity contribution in [2.75, 3.05) is 20.6 Å². The molecule has 2 aromatic carbocycles. The smallest absolute Gasteiger partial charge is 0.0903 e. The molecule has 23 heavy (non-hydrogen) atoms. The SMILES string of the molecule is C[N+]1(C)CCCCC1CCn1c2ccccc2c2ccccc21. The third-order valence-corrected chi connectivity index (χ3v) is 5.88. The maximum Gasteiger partial charge on any atom is 0.0903 e. The number of hydrogen-bond donors (Lipinski definition) is 0. The van der Waals surface area contributed by atoms with Crippen LogP contribution in [-0.2, 0) is 6.54 Å². The number of aryl methyl sites for hydroxylation is 1. The number of piperidine rings is 1. The molecule has 1 atom stereocenters. The van der Waals surface area contributed by atoms with Gasteiger partial charge < -0.3 is 9.05 Å². The number of nitrogens with zero attached hydrogens (tertiary/aromatic N) is 2. The van der Waals surface area contributed by atoms with E-state index < -0.39 is 0 Å². The zero-order chi connectivity index (χ0) is 15.9. The molecule has 1 aliphatic rings. The molecule has 1 fully saturated rings. The Labute approximate surface area is 138 Å². The third-order valence-electron chi connectivity index (χ3n) is 5.88. The third kappa shape index (κ3) is 2.55. The minimum Gasteiger partial charge on any atom is -0.340 e. The van der Waals surface area contributed by atoms with Crippen LogP contribution in [0.4, 0.5) is 0 Å². The number of quaternary nitrogens is 1. The maximum atomic E-state index is 2.54. The zero-order valence-corrected chi connectivity index (χ0v) is 14.3. The van der Waals surface area contributed by atoms with E-state index in [0.717, 1.165) is 12.6 Å². The van der Waals surface area contributed by atoms with Gasteiger partial charge in [0.2, 0.25) is 0 Å². The number of para-hydroxylation sites is 2. The molecule has 1 saturated heterocycles. The second kappa shape index (κ2) is 5.68. The molecule has 2 nitrogen and oxygen atoms in total. The van der Waals surface area contributed by atoms with E-state index in [1.54, 1.807) is 0 Å². The van der Waals surface area contributed by atoms with Crippen LogP contribution in [-0.4, -0.2) is 35.7 Å². The molecule has 0 spiro atoms. The molecule has 2 heterocycles. The summed E-state index contributed by atoms with van der Waals surface area (Å²) in [6.07, 6.45) is 5.44. The van der Waals surface area contributed by atoms with Gasteiger partial charge in [-0.05, 0) is 31.4 Å². The van der Waals surface area contributed by atoms with Gasteiger partial charge in [-0.2, -0.15) is 0 Å². The fourth-order valence-electron chi connectivity index (χ4n) is 4.45. The van der Waals surface area contributed by atoms with Crippen molar-refractivity contribution in [3.05, 3.63) is 48.5 Å². The summed E-state index contributed by atoms with van der Waals surface area (Å²) in [5, 5.41) is 2.78. The van der Waals surface area contributed by atoms with Crippen molar-refractivity contribution in [2.45, 2.75) is 38.3 Å². The van der Waals surface area contributed by atoms with Crippen LogP contribution in [0.1, 0.15) is 25.7 Å². The van der Waals surface area contributed by atoms with E-state index in [1.807, 2.05) is 0 Å². The van der Waals surface area contributed by atoms with Gasteiger partial charge in [-0.25, -0.2) is 0 Å². The molecule has 0 N–H and O–H groups in total. The Morgan fingerprint density at radius 2 is 1.52 bits per heavy atom. The highest BCUT2D eigenvalue weighted by Gasteiger charge is 2.31. The second-order valence-electron chi connectivity index (χ2n) is 7.63. The Morgan fingerprint density at radius 3 is 2.13 bits per heavy atom. The monoisotopic (exact) mass is 307 g/mol. The van der Waals surface area contributed by atoms with Crippen LogP contribution in [0, 0.1) is 0 Å². The largest absolute Gasteiger partial charge is 0.340 e. The summed E-state index contributed by atoms with van der Waals surface area (Å²) < 4.78 is 3.73. The quantitative estimate of drug-likeness (QED) is 0.612. The molecular formula is C21H27N2+. The molecule has 120 valence electrons. The van der Waals surface area contributed by atoms with Crippen LogP contribution in [0.15, 0.2) is 48.5 Å². The maximum absolute atomic E-state index is 2.54. The first kappa shape index (κ1) is 14.8. The highest BCUT2D eigenvalue weighted by molar-refractivity contribution is 6.07. The van der Waals surface area contributed by atoms with Crippen molar-refractivity contribution in [2.24, 2.45) is 0 Å². The molecule has 0 radical (unpaired) electrons. The summed E-state index contributed by atoms with van der Waals surface area (Å²) in [5.41, 5.74) is 2.77. The summed E-state index contributed by atoms with van der Waals surface area (Å²) in [6.45, 7) is 2.46. The Bertz CT molecular complexity index is 775. The molecule has 0 bridgehead atoms. The molecular weight excluding hydrogens is 280 g/mol. The highest BCUT2D eigenvalue weighted by atomic mass is 15.3. The first-order valence-electron chi connectivity index (χ1n) is 8.95. The Balaban J connectivity index is 1.70. The number of hydrogen-bond acceptors (Lipinski definition) is 0. The van der Waals surface area contributed by atoms with Gasteiger partial charge in [0.1, 0.15) is 0 Å². The summed E-state index contributed by atoms with van der Waals surface area (Å²) in [6, 6.07) is 18.5. The molecule has 1 aromatic heterocycles. The fourth-order valence-corrected chi connectivity index (χ4v) is 4.45. The second-order valence-corrected chi connectivity index (χ2v) is 7.63. The van der Waals surface area contributed by atoms with Crippen LogP contribution in [0.3, 0.4) is 0 Å². The lowest BCUT2D eigenvalue weighted by molar-refractivity contribution is -0.920. The normalized spacial score (nSPS) is 21.0. The number of benzene rings is 2. The van der Waals surface area contributed by atoms with Gasteiger partial charge in [-0.3, -0.25) is 0 Å². The predicted octanol–water partition coefficient (Wildman–Crippen LogP) is 4.81. The average Bonchev–Trinajstić information content (AvgIpc) is 2.88. The molecule has 0 aliphatic carbocycles. The van der Waals surface area contributed by atoms with Gasteiger partial charge in [0.25, 0.3) is 0 Å². The molecule has 2 heteroatoms. The summed E-state index contributed by atoms with van der Waals surface area (Å²) in [7, 11) is 4.82. The zero-order valence-electron chi connectivity index (χ0n) is 14.3. The minimum atomic E-state index is 0.795. The lowest BCUT2D eigenvalue weighted by atomic mass is 9.97. The van der Waals surface area contributed by atoms with Gasteiger partial charge in [0, 0.05) is 34.8 Å². The van der Waals surface area contributed by atoms with Gasteiger partial charge in [-0.15, -0.1) is 0 Å². The van der Waals surface area contributed by atoms with Crippen LogP contribution in [0.2, 0.25) is 0 Å². The molecule has 0 amide bonds. The number of likely N-dealkylation sites (tertiary alicyclic amines) is 1. The van der Waals surface area contributed by atoms with Crippen molar-refractivity contribution in [1.82, 2.24) is 4.57 Å². The van der Waals surface area contributed by atoms with Gasteiger partial charge in [-0.1, -0.05) is 36.4 Å². The molecule has 1 aliphatic heterocycles. The van der Waals surface area contributed by atoms with Gasteiger partial charge >= 0.3 is 0 Å². The topological polar surface area (TPSA) is 4.93 Å².